The third-order valence-electron chi connectivity index (χ3n) is 11.0. The van der Waals surface area contributed by atoms with Crippen molar-refractivity contribution in [2.24, 2.45) is 0 Å². The van der Waals surface area contributed by atoms with Crippen LogP contribution in [0.2, 0.25) is 0 Å². The largest absolute Gasteiger partial charge is 0.416 e. The van der Waals surface area contributed by atoms with E-state index in [1.807, 2.05) is 60.7 Å². The van der Waals surface area contributed by atoms with Crippen LogP contribution in [0.15, 0.2) is 134 Å². The Labute approximate surface area is 397 Å². The number of nitrogens with zero attached hydrogens (tertiary/aromatic N) is 4. The van der Waals surface area contributed by atoms with Crippen LogP contribution in [0, 0.1) is 11.8 Å². The van der Waals surface area contributed by atoms with Crippen molar-refractivity contribution >= 4 is 23.2 Å². The maximum Gasteiger partial charge on any atom is 0.416 e. The van der Waals surface area contributed by atoms with E-state index in [-0.39, 0.29) is 24.4 Å². The van der Waals surface area contributed by atoms with Gasteiger partial charge in [-0.1, -0.05) is 92.1 Å². The minimum absolute atomic E-state index is 0. The van der Waals surface area contributed by atoms with Gasteiger partial charge in [0.25, 0.3) is 11.8 Å². The Morgan fingerprint density at radius 3 is 1.59 bits per heavy atom. The Bertz CT molecular complexity index is 2700. The Hall–Kier alpha value is -6.90. The molecular weight excluding hydrogens is 899 g/mol. The van der Waals surface area contributed by atoms with Crippen LogP contribution < -0.4 is 10.6 Å². The molecule has 8 rings (SSSR count). The van der Waals surface area contributed by atoms with Crippen molar-refractivity contribution in [3.8, 4) is 34.4 Å². The molecular formula is C53H52F6N6O4. The van der Waals surface area contributed by atoms with Crippen LogP contribution in [0.4, 0.5) is 37.7 Å². The van der Waals surface area contributed by atoms with Crippen molar-refractivity contribution in [1.29, 1.82) is 0 Å². The van der Waals surface area contributed by atoms with Crippen LogP contribution in [0.5, 0.6) is 0 Å². The number of morpholine rings is 2. The highest BCUT2D eigenvalue weighted by Gasteiger charge is 2.31. The number of anilines is 2. The van der Waals surface area contributed by atoms with Crippen LogP contribution in [0.25, 0.3) is 22.5 Å². The Kier molecular flexibility index (Phi) is 18.2. The van der Waals surface area contributed by atoms with Gasteiger partial charge in [-0.15, -0.1) is 0 Å². The average molecular weight is 951 g/mol. The number of pyridine rings is 2. The van der Waals surface area contributed by atoms with Crippen LogP contribution >= 0.6 is 0 Å². The number of benzene rings is 4. The molecule has 0 aliphatic carbocycles. The van der Waals surface area contributed by atoms with Crippen LogP contribution in [0.3, 0.4) is 0 Å². The molecule has 16 heteroatoms. The molecule has 6 aromatic rings. The van der Waals surface area contributed by atoms with E-state index >= 15 is 0 Å². The van der Waals surface area contributed by atoms with Crippen molar-refractivity contribution in [3.05, 3.63) is 167 Å². The fourth-order valence-electron chi connectivity index (χ4n) is 7.47. The topological polar surface area (TPSA) is 109 Å². The lowest BCUT2D eigenvalue weighted by Crippen LogP contribution is -2.36. The fraction of sp³-hybridized carbons (Fsp3) is 0.283. The summed E-state index contributed by atoms with van der Waals surface area (Å²) in [5, 5.41) is 5.08. The molecule has 0 saturated carbocycles. The molecule has 69 heavy (non-hydrogen) atoms. The van der Waals surface area contributed by atoms with Crippen molar-refractivity contribution in [3.63, 3.8) is 0 Å². The lowest BCUT2D eigenvalue weighted by atomic mass is 10.00. The molecule has 0 unspecified atom stereocenters. The molecule has 0 atom stereocenters. The maximum atomic E-state index is 13.0. The smallest absolute Gasteiger partial charge is 0.379 e. The molecule has 2 aliphatic rings. The predicted molar refractivity (Wildman–Crippen MR) is 255 cm³/mol. The van der Waals surface area contributed by atoms with E-state index < -0.39 is 35.3 Å². The number of alkyl halides is 6. The summed E-state index contributed by atoms with van der Waals surface area (Å²) >= 11 is 0. The van der Waals surface area contributed by atoms with Gasteiger partial charge in [-0.05, 0) is 73.5 Å². The second-order valence-corrected chi connectivity index (χ2v) is 15.9. The summed E-state index contributed by atoms with van der Waals surface area (Å²) < 4.78 is 88.7. The predicted octanol–water partition coefficient (Wildman–Crippen LogP) is 10.6. The highest BCUT2D eigenvalue weighted by atomic mass is 19.4. The molecule has 10 nitrogen and oxygen atoms in total. The van der Waals surface area contributed by atoms with Crippen molar-refractivity contribution in [2.75, 3.05) is 76.3 Å². The number of hydrogen-bond donors (Lipinski definition) is 2. The zero-order valence-corrected chi connectivity index (χ0v) is 36.9. The molecule has 360 valence electrons. The zero-order valence-electron chi connectivity index (χ0n) is 36.9. The zero-order chi connectivity index (χ0) is 47.9. The van der Waals surface area contributed by atoms with E-state index in [0.717, 1.165) is 105 Å². The highest BCUT2D eigenvalue weighted by molar-refractivity contribution is 6.05. The van der Waals surface area contributed by atoms with Gasteiger partial charge >= 0.3 is 12.4 Å². The van der Waals surface area contributed by atoms with Gasteiger partial charge in [-0.25, -0.2) is 0 Å². The Morgan fingerprint density at radius 1 is 0.594 bits per heavy atom. The van der Waals surface area contributed by atoms with E-state index in [4.69, 9.17) is 9.47 Å². The normalized spacial score (nSPS) is 14.2. The summed E-state index contributed by atoms with van der Waals surface area (Å²) in [5.41, 5.74) is 3.72. The van der Waals surface area contributed by atoms with Gasteiger partial charge in [0.15, 0.2) is 0 Å². The number of aryl methyl sites for hydroxylation is 1. The SMILES string of the molecule is C.O=C(Nc1cccc(C(F)(F)F)c1)c1cnc(-c2ccccc2)c(C#CCN2CCOCC2)c1.O=C(Nc1cccc(C(F)(F)F)c1)c1cnc(-c2ccccc2)c(CCCN2CCOCC2)c1. The molecule has 2 N–H and O–H groups in total. The molecule has 0 spiro atoms. The molecule has 2 saturated heterocycles. The molecule has 2 aromatic heterocycles. The number of halogens is 6. The van der Waals surface area contributed by atoms with Gasteiger partial charge in [0.05, 0.1) is 72.2 Å². The summed E-state index contributed by atoms with van der Waals surface area (Å²) in [7, 11) is 0. The highest BCUT2D eigenvalue weighted by Crippen LogP contribution is 2.32. The number of ether oxygens (including phenoxy) is 2. The van der Waals surface area contributed by atoms with E-state index in [2.05, 4.69) is 42.2 Å². The van der Waals surface area contributed by atoms with Crippen molar-refractivity contribution in [2.45, 2.75) is 32.6 Å². The van der Waals surface area contributed by atoms with Gasteiger partial charge in [0.1, 0.15) is 0 Å². The first kappa shape index (κ1) is 51.5. The molecule has 2 fully saturated rings. The van der Waals surface area contributed by atoms with Crippen molar-refractivity contribution in [1.82, 2.24) is 19.8 Å². The summed E-state index contributed by atoms with van der Waals surface area (Å²) in [6.45, 7) is 7.70. The molecule has 2 amide bonds. The number of hydrogen-bond acceptors (Lipinski definition) is 8. The van der Waals surface area contributed by atoms with Crippen LogP contribution in [-0.2, 0) is 28.2 Å². The van der Waals surface area contributed by atoms with Gasteiger partial charge in [0.2, 0.25) is 0 Å². The number of amides is 2. The first-order valence-electron chi connectivity index (χ1n) is 22.0. The number of nitrogens with one attached hydrogen (secondary N) is 2. The standard InChI is InChI=1S/C26H26F3N3O2.C26H22F3N3O2.CH4/c2*27-26(28,29)22-9-4-10-23(17-22)31-25(33)21-16-20(8-5-11-32-12-14-34-15-13-32)24(30-18-21)19-6-2-1-3-7-19;/h1-4,6-7,9-10,16-18H,5,8,11-15H2,(H,31,33);1-4,6-7,9-10,16-18H,11-15H2,(H,31,33);1H4. The fourth-order valence-corrected chi connectivity index (χ4v) is 7.47. The summed E-state index contributed by atoms with van der Waals surface area (Å²) in [6, 6.07) is 31.7. The molecule has 0 bridgehead atoms. The van der Waals surface area contributed by atoms with Crippen LogP contribution in [0.1, 0.15) is 56.8 Å². The first-order chi connectivity index (χ1) is 32.8. The van der Waals surface area contributed by atoms with Crippen LogP contribution in [-0.4, -0.2) is 97.3 Å². The van der Waals surface area contributed by atoms with E-state index in [1.54, 1.807) is 12.1 Å². The average Bonchev–Trinajstić information content (AvgIpc) is 3.35. The third-order valence-corrected chi connectivity index (χ3v) is 11.0. The Morgan fingerprint density at radius 2 is 1.07 bits per heavy atom. The molecule has 4 aromatic carbocycles. The third kappa shape index (κ3) is 15.0. The second-order valence-electron chi connectivity index (χ2n) is 15.9. The Balaban J connectivity index is 0.000000224. The molecule has 2 aliphatic heterocycles. The lowest BCUT2D eigenvalue weighted by Gasteiger charge is -2.26. The monoisotopic (exact) mass is 950 g/mol. The summed E-state index contributed by atoms with van der Waals surface area (Å²) in [5.74, 6) is 5.20. The quantitative estimate of drug-likeness (QED) is 0.0977. The van der Waals surface area contributed by atoms with Gasteiger partial charge in [-0.2, -0.15) is 26.3 Å². The summed E-state index contributed by atoms with van der Waals surface area (Å²) in [6.07, 6.45) is -4.50. The minimum Gasteiger partial charge on any atom is -0.379 e. The molecule has 0 radical (unpaired) electrons. The van der Waals surface area contributed by atoms with E-state index in [9.17, 15) is 35.9 Å². The maximum absolute atomic E-state index is 13.0. The van der Waals surface area contributed by atoms with Crippen molar-refractivity contribution < 1.29 is 45.4 Å². The summed E-state index contributed by atoms with van der Waals surface area (Å²) in [4.78, 5) is 39.2. The number of carbonyl (C=O) groups is 2. The van der Waals surface area contributed by atoms with Gasteiger partial charge in [-0.3, -0.25) is 29.4 Å². The molecule has 4 heterocycles. The van der Waals surface area contributed by atoms with Gasteiger partial charge < -0.3 is 20.1 Å². The number of carbonyl (C=O) groups excluding carboxylic acids is 2. The van der Waals surface area contributed by atoms with E-state index in [1.165, 1.54) is 36.7 Å². The number of aromatic nitrogens is 2. The van der Waals surface area contributed by atoms with E-state index in [0.29, 0.717) is 36.6 Å². The van der Waals surface area contributed by atoms with Gasteiger partial charge in [0, 0.05) is 61.1 Å². The minimum atomic E-state index is -4.50. The first-order valence-corrected chi connectivity index (χ1v) is 22.0. The second kappa shape index (κ2) is 24.4. The lowest BCUT2D eigenvalue weighted by molar-refractivity contribution is -0.138. The number of rotatable bonds is 11.